The second-order valence-electron chi connectivity index (χ2n) is 3.75. The Morgan fingerprint density at radius 3 is 2.62 bits per heavy atom. The van der Waals surface area contributed by atoms with Gasteiger partial charge in [0.25, 0.3) is 0 Å². The molecular formula is C9H13FN2O4. The Morgan fingerprint density at radius 2 is 2.25 bits per heavy atom. The van der Waals surface area contributed by atoms with E-state index in [1.165, 1.54) is 19.1 Å². The molecule has 0 saturated carbocycles. The van der Waals surface area contributed by atoms with Gasteiger partial charge in [-0.2, -0.15) is 0 Å². The standard InChI is InChI=1S/C9H12N2O4.FH/c1-6-5-9(2,11(14)15)4-3-7(6)10-8(12)13;/h3-4,10H,5H2,1-2H3,(H,12,13);1H. The lowest BCUT2D eigenvalue weighted by molar-refractivity contribution is -0.550. The Hall–Kier alpha value is -1.92. The summed E-state index contributed by atoms with van der Waals surface area (Å²) >= 11 is 0. The number of halogens is 1. The number of rotatable bonds is 2. The first-order chi connectivity index (χ1) is 6.85. The maximum Gasteiger partial charge on any atom is 0.409 e. The van der Waals surface area contributed by atoms with Gasteiger partial charge in [-0.25, -0.2) is 4.79 Å². The van der Waals surface area contributed by atoms with Crippen LogP contribution in [0.15, 0.2) is 23.4 Å². The quantitative estimate of drug-likeness (QED) is 0.559. The molecule has 2 N–H and O–H groups in total. The number of nitrogens with one attached hydrogen (secondary N) is 1. The molecule has 0 aromatic rings. The van der Waals surface area contributed by atoms with Crippen molar-refractivity contribution in [1.82, 2.24) is 5.32 Å². The summed E-state index contributed by atoms with van der Waals surface area (Å²) in [6.07, 6.45) is 1.89. The van der Waals surface area contributed by atoms with Gasteiger partial charge in [0.1, 0.15) is 0 Å². The van der Waals surface area contributed by atoms with Crippen LogP contribution >= 0.6 is 0 Å². The highest BCUT2D eigenvalue weighted by atomic mass is 19.0. The molecule has 0 radical (unpaired) electrons. The highest BCUT2D eigenvalue weighted by Gasteiger charge is 2.37. The first-order valence-corrected chi connectivity index (χ1v) is 4.38. The molecule has 1 rings (SSSR count). The molecule has 0 saturated heterocycles. The van der Waals surface area contributed by atoms with E-state index >= 15 is 0 Å². The molecule has 6 nitrogen and oxygen atoms in total. The second kappa shape index (κ2) is 4.73. The highest BCUT2D eigenvalue weighted by molar-refractivity contribution is 5.68. The summed E-state index contributed by atoms with van der Waals surface area (Å²) in [4.78, 5) is 20.8. The summed E-state index contributed by atoms with van der Waals surface area (Å²) in [7, 11) is 0. The maximum atomic E-state index is 10.7. The molecule has 1 unspecified atom stereocenters. The van der Waals surface area contributed by atoms with E-state index in [0.717, 1.165) is 0 Å². The third kappa shape index (κ3) is 2.78. The fourth-order valence-electron chi connectivity index (χ4n) is 1.49. The Labute approximate surface area is 91.2 Å². The zero-order valence-electron chi connectivity index (χ0n) is 8.89. The van der Waals surface area contributed by atoms with Gasteiger partial charge < -0.3 is 5.11 Å². The molecule has 1 atom stereocenters. The van der Waals surface area contributed by atoms with Crippen LogP contribution in [0.3, 0.4) is 0 Å². The van der Waals surface area contributed by atoms with E-state index in [4.69, 9.17) is 5.11 Å². The van der Waals surface area contributed by atoms with Gasteiger partial charge in [-0.05, 0) is 24.6 Å². The molecule has 0 bridgehead atoms. The lowest BCUT2D eigenvalue weighted by Crippen LogP contribution is -2.36. The lowest BCUT2D eigenvalue weighted by Gasteiger charge is -2.22. The molecule has 0 aromatic heterocycles. The van der Waals surface area contributed by atoms with Gasteiger partial charge >= 0.3 is 6.09 Å². The minimum Gasteiger partial charge on any atom is -0.465 e. The Balaban J connectivity index is 0.00000225. The van der Waals surface area contributed by atoms with E-state index in [1.54, 1.807) is 6.92 Å². The summed E-state index contributed by atoms with van der Waals surface area (Å²) < 4.78 is 0. The molecule has 0 spiro atoms. The van der Waals surface area contributed by atoms with Crippen molar-refractivity contribution >= 4 is 6.09 Å². The smallest absolute Gasteiger partial charge is 0.409 e. The zero-order chi connectivity index (χ0) is 11.6. The molecular weight excluding hydrogens is 219 g/mol. The van der Waals surface area contributed by atoms with E-state index in [1.807, 2.05) is 0 Å². The summed E-state index contributed by atoms with van der Waals surface area (Å²) in [6.45, 7) is 3.18. The molecule has 1 aliphatic carbocycles. The minimum absolute atomic E-state index is 0. The largest absolute Gasteiger partial charge is 0.465 e. The minimum atomic E-state index is -1.17. The average Bonchev–Trinajstić information content (AvgIpc) is 2.09. The highest BCUT2D eigenvalue weighted by Crippen LogP contribution is 2.27. The van der Waals surface area contributed by atoms with Crippen molar-refractivity contribution in [2.75, 3.05) is 0 Å². The van der Waals surface area contributed by atoms with E-state index in [-0.39, 0.29) is 16.0 Å². The number of hydrogen-bond acceptors (Lipinski definition) is 3. The van der Waals surface area contributed by atoms with Crippen molar-refractivity contribution in [1.29, 1.82) is 0 Å². The summed E-state index contributed by atoms with van der Waals surface area (Å²) in [6, 6.07) is 0. The van der Waals surface area contributed by atoms with Gasteiger partial charge in [0, 0.05) is 24.0 Å². The van der Waals surface area contributed by atoms with Crippen LogP contribution in [-0.2, 0) is 0 Å². The van der Waals surface area contributed by atoms with E-state index in [0.29, 0.717) is 11.3 Å². The Morgan fingerprint density at radius 1 is 1.69 bits per heavy atom. The Bertz CT molecular complexity index is 378. The predicted octanol–water partition coefficient (Wildman–Crippen LogP) is 1.68. The van der Waals surface area contributed by atoms with Gasteiger partial charge in [0.2, 0.25) is 5.54 Å². The average molecular weight is 232 g/mol. The number of allylic oxidation sites excluding steroid dienone is 1. The summed E-state index contributed by atoms with van der Waals surface area (Å²) in [5.74, 6) is 0. The molecule has 7 heteroatoms. The van der Waals surface area contributed by atoms with Crippen LogP contribution < -0.4 is 5.32 Å². The van der Waals surface area contributed by atoms with E-state index < -0.39 is 11.6 Å². The molecule has 90 valence electrons. The summed E-state index contributed by atoms with van der Waals surface area (Å²) in [5.41, 5.74) is -0.0470. The van der Waals surface area contributed by atoms with Crippen molar-refractivity contribution in [2.45, 2.75) is 25.8 Å². The number of carboxylic acid groups (broad SMARTS) is 1. The fraction of sp³-hybridized carbons (Fsp3) is 0.444. The number of hydrogen-bond donors (Lipinski definition) is 2. The van der Waals surface area contributed by atoms with Gasteiger partial charge in [-0.1, -0.05) is 0 Å². The van der Waals surface area contributed by atoms with Crippen LogP contribution in [0, 0.1) is 10.1 Å². The van der Waals surface area contributed by atoms with E-state index in [2.05, 4.69) is 5.32 Å². The van der Waals surface area contributed by atoms with Crippen molar-refractivity contribution in [3.8, 4) is 0 Å². The SMILES string of the molecule is CC1=C(NC(=O)O)C=CC(C)([N+](=O)[O-])C1.F. The zero-order valence-corrected chi connectivity index (χ0v) is 8.89. The third-order valence-electron chi connectivity index (χ3n) is 2.35. The molecule has 0 aromatic carbocycles. The van der Waals surface area contributed by atoms with Crippen molar-refractivity contribution < 1.29 is 19.5 Å². The first kappa shape index (κ1) is 14.1. The predicted molar refractivity (Wildman–Crippen MR) is 55.5 cm³/mol. The lowest BCUT2D eigenvalue weighted by atomic mass is 9.88. The van der Waals surface area contributed by atoms with Crippen molar-refractivity contribution in [3.63, 3.8) is 0 Å². The number of nitro groups is 1. The molecule has 0 fully saturated rings. The number of carbonyl (C=O) groups is 1. The van der Waals surface area contributed by atoms with Gasteiger partial charge in [0.05, 0.1) is 0 Å². The Kier molecular flexibility index (Phi) is 4.17. The van der Waals surface area contributed by atoms with Crippen LogP contribution in [0.4, 0.5) is 9.50 Å². The van der Waals surface area contributed by atoms with Crippen LogP contribution in [0.5, 0.6) is 0 Å². The van der Waals surface area contributed by atoms with Crippen LogP contribution in [0.1, 0.15) is 20.3 Å². The molecule has 16 heavy (non-hydrogen) atoms. The van der Waals surface area contributed by atoms with Gasteiger partial charge in [-0.15, -0.1) is 0 Å². The van der Waals surface area contributed by atoms with Crippen molar-refractivity contribution in [2.24, 2.45) is 0 Å². The van der Waals surface area contributed by atoms with E-state index in [9.17, 15) is 14.9 Å². The molecule has 0 heterocycles. The van der Waals surface area contributed by atoms with Gasteiger partial charge in [-0.3, -0.25) is 20.1 Å². The molecule has 0 aliphatic heterocycles. The van der Waals surface area contributed by atoms with Crippen LogP contribution in [-0.4, -0.2) is 21.7 Å². The topological polar surface area (TPSA) is 92.5 Å². The van der Waals surface area contributed by atoms with Crippen molar-refractivity contribution in [3.05, 3.63) is 33.5 Å². The number of amides is 1. The van der Waals surface area contributed by atoms with Crippen LogP contribution in [0.25, 0.3) is 0 Å². The third-order valence-corrected chi connectivity index (χ3v) is 2.35. The summed E-state index contributed by atoms with van der Waals surface area (Å²) in [5, 5.41) is 21.5. The second-order valence-corrected chi connectivity index (χ2v) is 3.75. The first-order valence-electron chi connectivity index (χ1n) is 4.38. The maximum absolute atomic E-state index is 10.7. The molecule has 1 amide bonds. The number of nitrogens with zero attached hydrogens (tertiary/aromatic N) is 1. The normalized spacial score (nSPS) is 23.6. The van der Waals surface area contributed by atoms with Gasteiger partial charge in [0.15, 0.2) is 0 Å². The molecule has 1 aliphatic rings. The fourth-order valence-corrected chi connectivity index (χ4v) is 1.49. The monoisotopic (exact) mass is 232 g/mol. The van der Waals surface area contributed by atoms with Crippen LogP contribution in [0.2, 0.25) is 0 Å².